The van der Waals surface area contributed by atoms with E-state index in [4.69, 9.17) is 9.47 Å². The van der Waals surface area contributed by atoms with Crippen molar-refractivity contribution >= 4 is 0 Å². The molecular formula is C34H54O6. The zero-order valence-electron chi connectivity index (χ0n) is 25.4. The van der Waals surface area contributed by atoms with Gasteiger partial charge in [-0.1, -0.05) is 59.1 Å². The number of aliphatic hydroxyl groups excluding tert-OH is 4. The molecule has 0 amide bonds. The van der Waals surface area contributed by atoms with Crippen LogP contribution in [-0.4, -0.2) is 69.8 Å². The molecule has 15 unspecified atom stereocenters. The molecule has 6 heteroatoms. The standard InChI is InChI=1S/C34H54O6/c1-18-7-6-13-34(30(38)29-26(37)28-27(40-28)21(17-35)39-29)16-10-20-19(25(18)34)8-9-23-32(20,4)14-11-22-31(2,3)24(36)12-15-33(22,23)5/h8,18,20-30,35-38H,6-7,9-17H2,1-5H3. The van der Waals surface area contributed by atoms with Gasteiger partial charge in [-0.25, -0.2) is 0 Å². The van der Waals surface area contributed by atoms with Crippen molar-refractivity contribution in [1.82, 2.24) is 0 Å². The Kier molecular flexibility index (Phi) is 6.54. The Morgan fingerprint density at radius 1 is 0.900 bits per heavy atom. The van der Waals surface area contributed by atoms with Gasteiger partial charge < -0.3 is 29.9 Å². The minimum absolute atomic E-state index is 0.0421. The van der Waals surface area contributed by atoms with E-state index in [9.17, 15) is 20.4 Å². The highest BCUT2D eigenvalue weighted by Gasteiger charge is 2.67. The fourth-order valence-corrected chi connectivity index (χ4v) is 12.6. The summed E-state index contributed by atoms with van der Waals surface area (Å²) in [6.07, 6.45) is 9.83. The number of allylic oxidation sites excluding steroid dienone is 2. The first-order chi connectivity index (χ1) is 18.9. The highest BCUT2D eigenvalue weighted by Crippen LogP contribution is 2.72. The van der Waals surface area contributed by atoms with Gasteiger partial charge in [-0.15, -0.1) is 0 Å². The maximum atomic E-state index is 12.2. The summed E-state index contributed by atoms with van der Waals surface area (Å²) in [6.45, 7) is 12.0. The molecule has 0 bridgehead atoms. The largest absolute Gasteiger partial charge is 0.394 e. The van der Waals surface area contributed by atoms with E-state index in [2.05, 4.69) is 40.7 Å². The molecule has 2 heterocycles. The van der Waals surface area contributed by atoms with Crippen LogP contribution in [-0.2, 0) is 9.47 Å². The first-order valence-corrected chi connectivity index (χ1v) is 16.6. The van der Waals surface area contributed by atoms with E-state index in [-0.39, 0.29) is 46.6 Å². The van der Waals surface area contributed by atoms with E-state index in [0.717, 1.165) is 44.9 Å². The molecular weight excluding hydrogens is 504 g/mol. The molecule has 15 atom stereocenters. The summed E-state index contributed by atoms with van der Waals surface area (Å²) in [7, 11) is 0. The fraction of sp³-hybridized carbons (Fsp3) is 0.941. The molecule has 6 nitrogen and oxygen atoms in total. The van der Waals surface area contributed by atoms with E-state index < -0.39 is 24.4 Å². The molecule has 2 saturated heterocycles. The first-order valence-electron chi connectivity index (χ1n) is 16.6. The molecule has 0 radical (unpaired) electrons. The molecule has 2 aliphatic heterocycles. The van der Waals surface area contributed by atoms with E-state index in [1.165, 1.54) is 19.3 Å². The summed E-state index contributed by atoms with van der Waals surface area (Å²) in [5.74, 6) is 2.47. The van der Waals surface area contributed by atoms with Crippen molar-refractivity contribution in [2.24, 2.45) is 51.2 Å². The second-order valence-corrected chi connectivity index (χ2v) is 16.5. The topological polar surface area (TPSA) is 103 Å². The minimum atomic E-state index is -0.852. The van der Waals surface area contributed by atoms with Crippen LogP contribution in [0.5, 0.6) is 0 Å². The predicted octanol–water partition coefficient (Wildman–Crippen LogP) is 4.62. The van der Waals surface area contributed by atoms with Crippen molar-refractivity contribution in [1.29, 1.82) is 0 Å². The summed E-state index contributed by atoms with van der Waals surface area (Å²) in [4.78, 5) is 0. The maximum absolute atomic E-state index is 12.2. The van der Waals surface area contributed by atoms with E-state index in [1.807, 2.05) is 0 Å². The van der Waals surface area contributed by atoms with Crippen LogP contribution >= 0.6 is 0 Å². The Bertz CT molecular complexity index is 1040. The Balaban J connectivity index is 1.23. The van der Waals surface area contributed by atoms with Gasteiger partial charge in [0.25, 0.3) is 0 Å². The van der Waals surface area contributed by atoms with Gasteiger partial charge in [0.1, 0.15) is 30.5 Å². The number of fused-ring (bicyclic) bond motifs is 8. The van der Waals surface area contributed by atoms with Crippen molar-refractivity contribution in [3.8, 4) is 0 Å². The van der Waals surface area contributed by atoms with Gasteiger partial charge in [-0.2, -0.15) is 0 Å². The summed E-state index contributed by atoms with van der Waals surface area (Å²) >= 11 is 0. The summed E-state index contributed by atoms with van der Waals surface area (Å²) in [5, 5.41) is 44.2. The zero-order chi connectivity index (χ0) is 28.4. The van der Waals surface area contributed by atoms with Crippen LogP contribution in [0.3, 0.4) is 0 Å². The molecule has 4 N–H and O–H groups in total. The molecule has 40 heavy (non-hydrogen) atoms. The second-order valence-electron chi connectivity index (χ2n) is 16.5. The lowest BCUT2D eigenvalue weighted by Crippen LogP contribution is -2.64. The van der Waals surface area contributed by atoms with Gasteiger partial charge in [-0.05, 0) is 97.2 Å². The average Bonchev–Trinajstić information content (AvgIpc) is 3.72. The van der Waals surface area contributed by atoms with Gasteiger partial charge in [0.05, 0.1) is 18.8 Å². The molecule has 5 aliphatic carbocycles. The van der Waals surface area contributed by atoms with Crippen molar-refractivity contribution in [3.05, 3.63) is 11.6 Å². The maximum Gasteiger partial charge on any atom is 0.115 e. The Morgan fingerprint density at radius 2 is 1.65 bits per heavy atom. The van der Waals surface area contributed by atoms with Gasteiger partial charge >= 0.3 is 0 Å². The third-order valence-electron chi connectivity index (χ3n) is 14.6. The quantitative estimate of drug-likeness (QED) is 0.298. The summed E-state index contributed by atoms with van der Waals surface area (Å²) < 4.78 is 11.9. The monoisotopic (exact) mass is 558 g/mol. The Morgan fingerprint density at radius 3 is 2.40 bits per heavy atom. The van der Waals surface area contributed by atoms with Crippen LogP contribution < -0.4 is 0 Å². The third-order valence-corrected chi connectivity index (χ3v) is 14.6. The average molecular weight is 559 g/mol. The Labute approximate surface area is 240 Å². The smallest absolute Gasteiger partial charge is 0.115 e. The molecule has 7 rings (SSSR count). The molecule has 226 valence electrons. The number of aliphatic hydroxyl groups is 4. The lowest BCUT2D eigenvalue weighted by atomic mass is 9.36. The van der Waals surface area contributed by atoms with Crippen LogP contribution in [0.1, 0.15) is 98.8 Å². The lowest BCUT2D eigenvalue weighted by Gasteiger charge is -2.68. The van der Waals surface area contributed by atoms with Crippen LogP contribution in [0, 0.1) is 51.2 Å². The molecule has 0 aromatic carbocycles. The van der Waals surface area contributed by atoms with Crippen LogP contribution in [0.25, 0.3) is 0 Å². The number of hydrogen-bond donors (Lipinski definition) is 4. The van der Waals surface area contributed by atoms with Crippen molar-refractivity contribution in [2.75, 3.05) is 6.61 Å². The van der Waals surface area contributed by atoms with Crippen molar-refractivity contribution in [3.63, 3.8) is 0 Å². The van der Waals surface area contributed by atoms with Crippen LogP contribution in [0.2, 0.25) is 0 Å². The number of hydrogen-bond acceptors (Lipinski definition) is 6. The van der Waals surface area contributed by atoms with E-state index in [0.29, 0.717) is 29.6 Å². The highest BCUT2D eigenvalue weighted by atomic mass is 16.7. The normalized spacial score (nSPS) is 57.3. The molecule has 4 saturated carbocycles. The van der Waals surface area contributed by atoms with Crippen molar-refractivity contribution in [2.45, 2.75) is 142 Å². The van der Waals surface area contributed by atoms with Gasteiger partial charge in [0.2, 0.25) is 0 Å². The first kappa shape index (κ1) is 28.3. The molecule has 0 aromatic rings. The Hall–Kier alpha value is -0.500. The van der Waals surface area contributed by atoms with Gasteiger partial charge in [0.15, 0.2) is 0 Å². The summed E-state index contributed by atoms with van der Waals surface area (Å²) in [6, 6.07) is 0. The lowest BCUT2D eigenvalue weighted by molar-refractivity contribution is -0.214. The summed E-state index contributed by atoms with van der Waals surface area (Å²) in [5.41, 5.74) is 1.72. The SMILES string of the molecule is CC1CCCC2(C(O)C3OC(CO)C4OC4C3O)CCC3C(=CCC4C3(C)CCC3C(C)(C)C(O)CCC34C)C12. The number of ether oxygens (including phenoxy) is 2. The minimum Gasteiger partial charge on any atom is -0.394 e. The zero-order valence-corrected chi connectivity index (χ0v) is 25.4. The number of epoxide rings is 1. The van der Waals surface area contributed by atoms with Gasteiger partial charge in [0, 0.05) is 5.41 Å². The molecule has 0 aromatic heterocycles. The molecule has 7 aliphatic rings. The van der Waals surface area contributed by atoms with Gasteiger partial charge in [-0.3, -0.25) is 0 Å². The molecule has 6 fully saturated rings. The fourth-order valence-electron chi connectivity index (χ4n) is 12.6. The highest BCUT2D eigenvalue weighted by molar-refractivity contribution is 5.30. The van der Waals surface area contributed by atoms with Crippen molar-refractivity contribution < 1.29 is 29.9 Å². The van der Waals surface area contributed by atoms with E-state index >= 15 is 0 Å². The van der Waals surface area contributed by atoms with Crippen LogP contribution in [0.15, 0.2) is 11.6 Å². The number of rotatable bonds is 3. The van der Waals surface area contributed by atoms with Crippen LogP contribution in [0.4, 0.5) is 0 Å². The van der Waals surface area contributed by atoms with E-state index in [1.54, 1.807) is 5.57 Å². The molecule has 0 spiro atoms. The predicted molar refractivity (Wildman–Crippen MR) is 152 cm³/mol. The second kappa shape index (κ2) is 9.25. The third kappa shape index (κ3) is 3.62.